The van der Waals surface area contributed by atoms with E-state index in [1.807, 2.05) is 4.90 Å². The maximum Gasteiger partial charge on any atom is 0.250 e. The Bertz CT molecular complexity index is 1050. The zero-order valence-corrected chi connectivity index (χ0v) is 21.0. The summed E-state index contributed by atoms with van der Waals surface area (Å²) in [5.41, 5.74) is 0. The molecule has 15 heteroatoms. The average Bonchev–Trinajstić information content (AvgIpc) is 2.83. The Labute approximate surface area is 208 Å². The molecule has 0 radical (unpaired) electrons. The number of rotatable bonds is 6. The lowest BCUT2D eigenvalue weighted by Gasteiger charge is -2.28. The molecule has 2 aliphatic rings. The Balaban J connectivity index is 0.000000191. The summed E-state index contributed by atoms with van der Waals surface area (Å²) in [5.74, 6) is 1.75. The number of aliphatic hydroxyl groups is 1. The number of hydrogen-bond donors (Lipinski definition) is 2. The summed E-state index contributed by atoms with van der Waals surface area (Å²) in [5, 5.41) is 11.9. The van der Waals surface area contributed by atoms with Crippen molar-refractivity contribution in [2.45, 2.75) is 5.16 Å². The molecule has 2 aromatic heterocycles. The second kappa shape index (κ2) is 12.6. The van der Waals surface area contributed by atoms with E-state index in [9.17, 15) is 8.42 Å². The van der Waals surface area contributed by atoms with Crippen molar-refractivity contribution in [2.24, 2.45) is 0 Å². The van der Waals surface area contributed by atoms with Gasteiger partial charge < -0.3 is 29.7 Å². The molecular weight excluding hydrogens is 509 g/mol. The minimum atomic E-state index is -3.45. The van der Waals surface area contributed by atoms with E-state index in [1.54, 1.807) is 12.1 Å². The fourth-order valence-corrected chi connectivity index (χ4v) is 4.04. The molecule has 4 heterocycles. The first-order chi connectivity index (χ1) is 16.3. The molecule has 2 saturated heterocycles. The van der Waals surface area contributed by atoms with Gasteiger partial charge in [-0.25, -0.2) is 23.4 Å². The summed E-state index contributed by atoms with van der Waals surface area (Å²) >= 11 is 11.7. The van der Waals surface area contributed by atoms with Gasteiger partial charge in [-0.15, -0.1) is 0 Å². The predicted octanol–water partition coefficient (Wildman–Crippen LogP) is 0.741. The third kappa shape index (κ3) is 8.03. The summed E-state index contributed by atoms with van der Waals surface area (Å²) < 4.78 is 33.3. The van der Waals surface area contributed by atoms with Gasteiger partial charge in [-0.3, -0.25) is 0 Å². The first-order valence-electron chi connectivity index (χ1n) is 10.6. The van der Waals surface area contributed by atoms with Crippen LogP contribution in [-0.4, -0.2) is 105 Å². The molecular formula is C19H27Cl2N7O5S. The van der Waals surface area contributed by atoms with Gasteiger partial charge in [0.1, 0.15) is 21.9 Å². The van der Waals surface area contributed by atoms with Crippen molar-refractivity contribution in [1.29, 1.82) is 0 Å². The Kier molecular flexibility index (Phi) is 9.85. The molecule has 0 aromatic carbocycles. The highest BCUT2D eigenvalue weighted by atomic mass is 35.5. The van der Waals surface area contributed by atoms with Crippen molar-refractivity contribution in [1.82, 2.24) is 19.9 Å². The molecule has 34 heavy (non-hydrogen) atoms. The fraction of sp³-hybridized carbons (Fsp3) is 0.579. The number of sulfone groups is 1. The zero-order chi connectivity index (χ0) is 24.6. The maximum absolute atomic E-state index is 11.4. The number of ether oxygens (including phenoxy) is 2. The van der Waals surface area contributed by atoms with Crippen LogP contribution in [0.4, 0.5) is 17.6 Å². The molecule has 0 amide bonds. The van der Waals surface area contributed by atoms with Gasteiger partial charge in [0.25, 0.3) is 0 Å². The minimum absolute atomic E-state index is 0.0305. The van der Waals surface area contributed by atoms with Crippen molar-refractivity contribution >= 4 is 50.6 Å². The molecule has 4 rings (SSSR count). The minimum Gasteiger partial charge on any atom is -0.395 e. The van der Waals surface area contributed by atoms with Crippen LogP contribution in [-0.2, 0) is 19.3 Å². The van der Waals surface area contributed by atoms with E-state index < -0.39 is 9.84 Å². The monoisotopic (exact) mass is 535 g/mol. The molecule has 0 bridgehead atoms. The number of aliphatic hydroxyl groups excluding tert-OH is 1. The molecule has 0 spiro atoms. The summed E-state index contributed by atoms with van der Waals surface area (Å²) in [6, 6.07) is 3.29. The van der Waals surface area contributed by atoms with E-state index in [0.29, 0.717) is 63.0 Å². The number of hydrogen-bond acceptors (Lipinski definition) is 12. The second-order valence-corrected chi connectivity index (χ2v) is 10.0. The molecule has 12 nitrogen and oxygen atoms in total. The van der Waals surface area contributed by atoms with Crippen LogP contribution in [0.2, 0.25) is 10.3 Å². The van der Waals surface area contributed by atoms with Crippen LogP contribution < -0.4 is 15.1 Å². The van der Waals surface area contributed by atoms with E-state index >= 15 is 0 Å². The highest BCUT2D eigenvalue weighted by molar-refractivity contribution is 7.90. The van der Waals surface area contributed by atoms with Gasteiger partial charge in [-0.2, -0.15) is 4.98 Å². The van der Waals surface area contributed by atoms with E-state index in [0.717, 1.165) is 25.2 Å². The largest absolute Gasteiger partial charge is 0.395 e. The molecule has 2 N–H and O–H groups in total. The Morgan fingerprint density at radius 2 is 1.41 bits per heavy atom. The summed E-state index contributed by atoms with van der Waals surface area (Å²) in [6.07, 6.45) is 1.06. The summed E-state index contributed by atoms with van der Waals surface area (Å²) in [6.45, 7) is 5.94. The molecule has 2 aromatic rings. The number of morpholine rings is 2. The van der Waals surface area contributed by atoms with Crippen molar-refractivity contribution in [2.75, 3.05) is 87.1 Å². The molecule has 0 atom stereocenters. The van der Waals surface area contributed by atoms with Crippen LogP contribution >= 0.6 is 23.2 Å². The van der Waals surface area contributed by atoms with Crippen LogP contribution in [0.1, 0.15) is 0 Å². The van der Waals surface area contributed by atoms with Gasteiger partial charge in [0.2, 0.25) is 20.9 Å². The van der Waals surface area contributed by atoms with E-state index in [2.05, 4.69) is 30.2 Å². The SMILES string of the molecule is CS(=O)(=O)c1nc(Cl)cc(N2CCOCC2)n1.OCCNc1nc(Cl)cc(N2CCOCC2)n1. The van der Waals surface area contributed by atoms with E-state index in [1.165, 1.54) is 0 Å². The fourth-order valence-electron chi connectivity index (χ4n) is 3.11. The molecule has 0 saturated carbocycles. The molecule has 2 fully saturated rings. The second-order valence-electron chi connectivity index (χ2n) is 7.33. The molecule has 0 unspecified atom stereocenters. The van der Waals surface area contributed by atoms with Gasteiger partial charge in [0.05, 0.1) is 33.0 Å². The van der Waals surface area contributed by atoms with Gasteiger partial charge in [0.15, 0.2) is 0 Å². The maximum atomic E-state index is 11.4. The van der Waals surface area contributed by atoms with Crippen molar-refractivity contribution < 1.29 is 23.0 Å². The molecule has 188 valence electrons. The lowest BCUT2D eigenvalue weighted by molar-refractivity contribution is 0.122. The van der Waals surface area contributed by atoms with Gasteiger partial charge in [-0.05, 0) is 0 Å². The Morgan fingerprint density at radius 3 is 1.91 bits per heavy atom. The first-order valence-corrected chi connectivity index (χ1v) is 13.2. The number of nitrogens with zero attached hydrogens (tertiary/aromatic N) is 6. The Morgan fingerprint density at radius 1 is 0.912 bits per heavy atom. The Hall–Kier alpha value is -2.03. The quantitative estimate of drug-likeness (QED) is 0.397. The highest BCUT2D eigenvalue weighted by Crippen LogP contribution is 2.20. The van der Waals surface area contributed by atoms with Crippen LogP contribution in [0.5, 0.6) is 0 Å². The number of anilines is 3. The van der Waals surface area contributed by atoms with Crippen molar-refractivity contribution in [3.05, 3.63) is 22.4 Å². The summed E-state index contributed by atoms with van der Waals surface area (Å²) in [7, 11) is -3.45. The number of halogens is 2. The zero-order valence-electron chi connectivity index (χ0n) is 18.7. The average molecular weight is 536 g/mol. The van der Waals surface area contributed by atoms with E-state index in [-0.39, 0.29) is 16.9 Å². The van der Waals surface area contributed by atoms with Gasteiger partial charge >= 0.3 is 0 Å². The molecule has 0 aliphatic carbocycles. The predicted molar refractivity (Wildman–Crippen MR) is 129 cm³/mol. The lowest BCUT2D eigenvalue weighted by atomic mass is 10.4. The van der Waals surface area contributed by atoms with Crippen LogP contribution in [0.25, 0.3) is 0 Å². The lowest BCUT2D eigenvalue weighted by Crippen LogP contribution is -2.37. The van der Waals surface area contributed by atoms with Crippen LogP contribution in [0.15, 0.2) is 17.3 Å². The van der Waals surface area contributed by atoms with Crippen molar-refractivity contribution in [3.63, 3.8) is 0 Å². The van der Waals surface area contributed by atoms with Crippen LogP contribution in [0.3, 0.4) is 0 Å². The normalized spacial score (nSPS) is 16.6. The van der Waals surface area contributed by atoms with E-state index in [4.69, 9.17) is 37.8 Å². The van der Waals surface area contributed by atoms with Gasteiger partial charge in [0, 0.05) is 51.1 Å². The highest BCUT2D eigenvalue weighted by Gasteiger charge is 2.18. The topological polar surface area (TPSA) is 143 Å². The third-order valence-electron chi connectivity index (χ3n) is 4.74. The smallest absolute Gasteiger partial charge is 0.250 e. The summed E-state index contributed by atoms with van der Waals surface area (Å²) in [4.78, 5) is 20.1. The van der Waals surface area contributed by atoms with Crippen molar-refractivity contribution in [3.8, 4) is 0 Å². The molecule has 2 aliphatic heterocycles. The van der Waals surface area contributed by atoms with Crippen LogP contribution in [0, 0.1) is 0 Å². The number of nitrogens with one attached hydrogen (secondary N) is 1. The van der Waals surface area contributed by atoms with Gasteiger partial charge in [-0.1, -0.05) is 23.2 Å². The number of aromatic nitrogens is 4. The first kappa shape index (κ1) is 26.6. The third-order valence-corrected chi connectivity index (χ3v) is 5.97. The standard InChI is InChI=1S/C10H15ClN4O2.C9H12ClN3O3S/c11-8-7-9(15-2-5-17-6-3-15)14-10(13-8)12-1-4-16;1-17(14,15)9-11-7(10)6-8(12-9)13-2-4-16-5-3-13/h7,16H,1-6H2,(H,12,13,14);6H,2-5H2,1H3.